The van der Waals surface area contributed by atoms with E-state index >= 15 is 0 Å². The van der Waals surface area contributed by atoms with E-state index in [1.54, 1.807) is 0 Å². The third kappa shape index (κ3) is 1.44. The second-order valence-electron chi connectivity index (χ2n) is 5.53. The first kappa shape index (κ1) is 11.0. The van der Waals surface area contributed by atoms with Crippen LogP contribution in [0.2, 0.25) is 0 Å². The fourth-order valence-electron chi connectivity index (χ4n) is 3.72. The summed E-state index contributed by atoms with van der Waals surface area (Å²) in [4.78, 5) is 26.4. The molecule has 2 heterocycles. The van der Waals surface area contributed by atoms with Gasteiger partial charge >= 0.3 is 0 Å². The zero-order valence-corrected chi connectivity index (χ0v) is 10.7. The molecule has 0 saturated heterocycles. The second kappa shape index (κ2) is 3.80. The van der Waals surface area contributed by atoms with Crippen molar-refractivity contribution in [3.63, 3.8) is 0 Å². The molecule has 0 saturated carbocycles. The monoisotopic (exact) mass is 253 g/mol. The first-order chi connectivity index (χ1) is 9.25. The van der Waals surface area contributed by atoms with Gasteiger partial charge in [0.1, 0.15) is 0 Å². The number of allylic oxidation sites excluding steroid dienone is 2. The Morgan fingerprint density at radius 1 is 1.00 bits per heavy atom. The highest BCUT2D eigenvalue weighted by Gasteiger charge is 2.41. The Morgan fingerprint density at radius 2 is 1.84 bits per heavy atom. The molecule has 0 radical (unpaired) electrons. The number of carbonyl (C=O) groups excluding carboxylic acids is 2. The highest BCUT2D eigenvalue weighted by atomic mass is 16.1. The lowest BCUT2D eigenvalue weighted by atomic mass is 9.85. The van der Waals surface area contributed by atoms with E-state index in [0.29, 0.717) is 18.4 Å². The normalized spacial score (nSPS) is 25.3. The van der Waals surface area contributed by atoms with Gasteiger partial charge in [-0.15, -0.1) is 0 Å². The standard InChI is InChI=1S/C16H15NO2/c18-14-6-5-12-16(14)15(19)9-13-11-4-2-1-3-10(11)7-8-17(12)13/h1-4,13H,5-9H2. The van der Waals surface area contributed by atoms with Gasteiger partial charge in [0.15, 0.2) is 11.6 Å². The number of rotatable bonds is 0. The van der Waals surface area contributed by atoms with Crippen molar-refractivity contribution in [3.8, 4) is 0 Å². The SMILES string of the molecule is O=C1CCC2=C1C(=O)CC1c3ccccc3CCN21. The zero-order valence-electron chi connectivity index (χ0n) is 10.7. The Morgan fingerprint density at radius 3 is 2.74 bits per heavy atom. The molecule has 1 unspecified atom stereocenters. The molecule has 4 rings (SSSR count). The maximum atomic E-state index is 12.2. The molecule has 0 aromatic heterocycles. The molecular weight excluding hydrogens is 238 g/mol. The van der Waals surface area contributed by atoms with Gasteiger partial charge in [-0.2, -0.15) is 0 Å². The third-order valence-corrected chi connectivity index (χ3v) is 4.57. The van der Waals surface area contributed by atoms with Crippen LogP contribution in [-0.2, 0) is 16.0 Å². The molecule has 0 bridgehead atoms. The molecule has 1 aromatic carbocycles. The number of ketones is 2. The van der Waals surface area contributed by atoms with Gasteiger partial charge in [-0.05, 0) is 24.0 Å². The molecule has 1 aliphatic carbocycles. The summed E-state index contributed by atoms with van der Waals surface area (Å²) >= 11 is 0. The van der Waals surface area contributed by atoms with Crippen LogP contribution < -0.4 is 0 Å². The predicted molar refractivity (Wildman–Crippen MR) is 70.5 cm³/mol. The smallest absolute Gasteiger partial charge is 0.170 e. The van der Waals surface area contributed by atoms with E-state index in [2.05, 4.69) is 23.1 Å². The summed E-state index contributed by atoms with van der Waals surface area (Å²) in [5, 5.41) is 0. The van der Waals surface area contributed by atoms with Crippen LogP contribution in [0.1, 0.15) is 36.4 Å². The molecule has 3 nitrogen and oxygen atoms in total. The van der Waals surface area contributed by atoms with Crippen LogP contribution in [0.5, 0.6) is 0 Å². The fourth-order valence-corrected chi connectivity index (χ4v) is 3.72. The first-order valence-corrected chi connectivity index (χ1v) is 6.89. The highest BCUT2D eigenvalue weighted by Crippen LogP contribution is 2.43. The lowest BCUT2D eigenvalue weighted by Crippen LogP contribution is -2.40. The molecule has 0 N–H and O–H groups in total. The lowest BCUT2D eigenvalue weighted by Gasteiger charge is -2.42. The number of fused-ring (bicyclic) bond motifs is 4. The van der Waals surface area contributed by atoms with E-state index in [-0.39, 0.29) is 17.6 Å². The number of hydrogen-bond donors (Lipinski definition) is 0. The van der Waals surface area contributed by atoms with Crippen LogP contribution in [0, 0.1) is 0 Å². The molecule has 2 aliphatic heterocycles. The molecule has 0 spiro atoms. The highest BCUT2D eigenvalue weighted by molar-refractivity contribution is 6.22. The van der Waals surface area contributed by atoms with E-state index in [1.165, 1.54) is 11.1 Å². The van der Waals surface area contributed by atoms with E-state index in [9.17, 15) is 9.59 Å². The third-order valence-electron chi connectivity index (χ3n) is 4.57. The van der Waals surface area contributed by atoms with Gasteiger partial charge in [0, 0.05) is 25.1 Å². The molecule has 0 amide bonds. The van der Waals surface area contributed by atoms with E-state index in [1.807, 2.05) is 6.07 Å². The van der Waals surface area contributed by atoms with Crippen LogP contribution in [0.4, 0.5) is 0 Å². The van der Waals surface area contributed by atoms with Crippen LogP contribution in [0.25, 0.3) is 0 Å². The van der Waals surface area contributed by atoms with Gasteiger partial charge in [-0.3, -0.25) is 9.59 Å². The first-order valence-electron chi connectivity index (χ1n) is 6.89. The maximum absolute atomic E-state index is 12.2. The predicted octanol–water partition coefficient (Wildman–Crippen LogP) is 2.18. The summed E-state index contributed by atoms with van der Waals surface area (Å²) in [5.74, 6) is 0.104. The van der Waals surface area contributed by atoms with Crippen molar-refractivity contribution in [2.24, 2.45) is 0 Å². The summed E-state index contributed by atoms with van der Waals surface area (Å²) < 4.78 is 0. The van der Waals surface area contributed by atoms with Gasteiger partial charge in [-0.25, -0.2) is 0 Å². The van der Waals surface area contributed by atoms with Crippen LogP contribution >= 0.6 is 0 Å². The van der Waals surface area contributed by atoms with Gasteiger partial charge in [-0.1, -0.05) is 24.3 Å². The Kier molecular flexibility index (Phi) is 2.19. The summed E-state index contributed by atoms with van der Waals surface area (Å²) in [6, 6.07) is 8.53. The number of nitrogens with zero attached hydrogens (tertiary/aromatic N) is 1. The molecule has 0 fully saturated rings. The Balaban J connectivity index is 1.84. The van der Waals surface area contributed by atoms with Crippen molar-refractivity contribution in [2.45, 2.75) is 31.7 Å². The Labute approximate surface area is 111 Å². The van der Waals surface area contributed by atoms with Crippen molar-refractivity contribution in [3.05, 3.63) is 46.7 Å². The average molecular weight is 253 g/mol. The van der Waals surface area contributed by atoms with Gasteiger partial charge in [0.05, 0.1) is 11.6 Å². The van der Waals surface area contributed by atoms with Crippen molar-refractivity contribution in [1.82, 2.24) is 4.90 Å². The number of carbonyl (C=O) groups is 2. The molecular formula is C16H15NO2. The second-order valence-corrected chi connectivity index (χ2v) is 5.53. The Bertz CT molecular complexity index is 629. The minimum absolute atomic E-state index is 0.0513. The van der Waals surface area contributed by atoms with Gasteiger partial charge in [0.2, 0.25) is 0 Å². The van der Waals surface area contributed by atoms with Crippen LogP contribution in [-0.4, -0.2) is 23.0 Å². The van der Waals surface area contributed by atoms with Crippen molar-refractivity contribution in [2.75, 3.05) is 6.54 Å². The van der Waals surface area contributed by atoms with E-state index < -0.39 is 0 Å². The molecule has 1 aromatic rings. The molecule has 3 aliphatic rings. The minimum atomic E-state index is 0.0513. The van der Waals surface area contributed by atoms with Crippen molar-refractivity contribution < 1.29 is 9.59 Å². The molecule has 96 valence electrons. The largest absolute Gasteiger partial charge is 0.366 e. The average Bonchev–Trinajstić information content (AvgIpc) is 2.82. The number of Topliss-reactive ketones (excluding diaryl/α,β-unsaturated/α-hetero) is 2. The minimum Gasteiger partial charge on any atom is -0.366 e. The van der Waals surface area contributed by atoms with Crippen molar-refractivity contribution >= 4 is 11.6 Å². The van der Waals surface area contributed by atoms with Crippen LogP contribution in [0.3, 0.4) is 0 Å². The van der Waals surface area contributed by atoms with E-state index in [4.69, 9.17) is 0 Å². The lowest BCUT2D eigenvalue weighted by molar-refractivity contribution is -0.122. The topological polar surface area (TPSA) is 37.4 Å². The summed E-state index contributed by atoms with van der Waals surface area (Å²) in [5.41, 5.74) is 4.15. The fraction of sp³-hybridized carbons (Fsp3) is 0.375. The molecule has 19 heavy (non-hydrogen) atoms. The van der Waals surface area contributed by atoms with Gasteiger partial charge < -0.3 is 4.90 Å². The van der Waals surface area contributed by atoms with Gasteiger partial charge in [0.25, 0.3) is 0 Å². The summed E-state index contributed by atoms with van der Waals surface area (Å²) in [6.45, 7) is 0.932. The quantitative estimate of drug-likeness (QED) is 0.665. The molecule has 1 atom stereocenters. The number of benzene rings is 1. The maximum Gasteiger partial charge on any atom is 0.170 e. The summed E-state index contributed by atoms with van der Waals surface area (Å²) in [6.07, 6.45) is 2.73. The molecule has 3 heteroatoms. The van der Waals surface area contributed by atoms with E-state index in [0.717, 1.165) is 25.1 Å². The van der Waals surface area contributed by atoms with Crippen LogP contribution in [0.15, 0.2) is 35.5 Å². The zero-order chi connectivity index (χ0) is 13.0. The van der Waals surface area contributed by atoms with Crippen molar-refractivity contribution in [1.29, 1.82) is 0 Å². The number of hydrogen-bond acceptors (Lipinski definition) is 3. The Hall–Kier alpha value is -1.90. The summed E-state index contributed by atoms with van der Waals surface area (Å²) in [7, 11) is 0.